The number of rotatable bonds is 5. The van der Waals surface area contributed by atoms with Crippen molar-refractivity contribution >= 4 is 5.97 Å². The number of carboxylic acid groups (broad SMARTS) is 1. The Kier molecular flexibility index (Phi) is 5.40. The third-order valence-electron chi connectivity index (χ3n) is 3.23. The Morgan fingerprint density at radius 1 is 1.28 bits per heavy atom. The van der Waals surface area contributed by atoms with Crippen LogP contribution in [0.4, 0.5) is 13.2 Å². The van der Waals surface area contributed by atoms with Crippen LogP contribution in [-0.4, -0.2) is 65.8 Å². The van der Waals surface area contributed by atoms with Crippen LogP contribution in [0.3, 0.4) is 0 Å². The van der Waals surface area contributed by atoms with Gasteiger partial charge in [0, 0.05) is 32.7 Å². The predicted octanol–water partition coefficient (Wildman–Crippen LogP) is 1.42. The minimum Gasteiger partial charge on any atom is -0.480 e. The van der Waals surface area contributed by atoms with E-state index in [9.17, 15) is 18.0 Å². The van der Waals surface area contributed by atoms with E-state index in [4.69, 9.17) is 5.11 Å². The van der Waals surface area contributed by atoms with E-state index >= 15 is 0 Å². The van der Waals surface area contributed by atoms with Gasteiger partial charge in [-0.1, -0.05) is 6.92 Å². The van der Waals surface area contributed by atoms with Crippen LogP contribution in [0.5, 0.6) is 0 Å². The molecule has 0 amide bonds. The van der Waals surface area contributed by atoms with Crippen molar-refractivity contribution in [2.45, 2.75) is 32.0 Å². The molecule has 0 aromatic rings. The molecule has 106 valence electrons. The van der Waals surface area contributed by atoms with Gasteiger partial charge in [0.25, 0.3) is 0 Å². The summed E-state index contributed by atoms with van der Waals surface area (Å²) in [4.78, 5) is 14.5. The van der Waals surface area contributed by atoms with Gasteiger partial charge >= 0.3 is 12.1 Å². The lowest BCUT2D eigenvalue weighted by atomic mass is 10.1. The number of halogens is 3. The summed E-state index contributed by atoms with van der Waals surface area (Å²) >= 11 is 0. The highest BCUT2D eigenvalue weighted by molar-refractivity contribution is 5.73. The van der Waals surface area contributed by atoms with Crippen LogP contribution in [-0.2, 0) is 4.79 Å². The number of carboxylic acids is 1. The summed E-state index contributed by atoms with van der Waals surface area (Å²) in [6, 6.07) is -0.519. The molecule has 1 aliphatic heterocycles. The largest absolute Gasteiger partial charge is 0.480 e. The van der Waals surface area contributed by atoms with Gasteiger partial charge in [-0.05, 0) is 6.42 Å². The second kappa shape index (κ2) is 6.38. The number of alkyl halides is 3. The third kappa shape index (κ3) is 4.81. The van der Waals surface area contributed by atoms with E-state index in [1.54, 1.807) is 11.8 Å². The Labute approximate surface area is 104 Å². The van der Waals surface area contributed by atoms with Crippen molar-refractivity contribution in [3.8, 4) is 0 Å². The Bertz CT molecular complexity index is 276. The highest BCUT2D eigenvalue weighted by atomic mass is 19.4. The molecular weight excluding hydrogens is 249 g/mol. The van der Waals surface area contributed by atoms with E-state index in [1.807, 2.05) is 4.90 Å². The van der Waals surface area contributed by atoms with Crippen LogP contribution >= 0.6 is 0 Å². The summed E-state index contributed by atoms with van der Waals surface area (Å²) in [7, 11) is 0. The van der Waals surface area contributed by atoms with Crippen molar-refractivity contribution in [3.05, 3.63) is 0 Å². The number of aliphatic carboxylic acids is 1. The summed E-state index contributed by atoms with van der Waals surface area (Å²) in [5.74, 6) is -0.860. The number of nitrogens with zero attached hydrogens (tertiary/aromatic N) is 2. The summed E-state index contributed by atoms with van der Waals surface area (Å²) in [5.41, 5.74) is 0. The van der Waals surface area contributed by atoms with Crippen molar-refractivity contribution in [2.75, 3.05) is 32.7 Å². The van der Waals surface area contributed by atoms with Crippen molar-refractivity contribution in [2.24, 2.45) is 0 Å². The maximum atomic E-state index is 12.1. The number of carbonyl (C=O) groups is 1. The van der Waals surface area contributed by atoms with Gasteiger partial charge in [0.1, 0.15) is 6.04 Å². The fourth-order valence-electron chi connectivity index (χ4n) is 2.17. The molecule has 1 saturated heterocycles. The molecule has 0 bridgehead atoms. The number of hydrogen-bond acceptors (Lipinski definition) is 3. The lowest BCUT2D eigenvalue weighted by molar-refractivity contribution is -0.145. The van der Waals surface area contributed by atoms with E-state index in [1.165, 1.54) is 0 Å². The molecule has 0 radical (unpaired) electrons. The van der Waals surface area contributed by atoms with Gasteiger partial charge in [0.05, 0.1) is 6.42 Å². The molecule has 1 rings (SSSR count). The molecule has 1 atom stereocenters. The van der Waals surface area contributed by atoms with Crippen LogP contribution < -0.4 is 0 Å². The molecule has 1 N–H and O–H groups in total. The SMILES string of the molecule is CCC(C(=O)O)N1CCN(CCC(F)(F)F)CC1. The Morgan fingerprint density at radius 2 is 1.83 bits per heavy atom. The minimum absolute atomic E-state index is 0.00119. The molecule has 1 aliphatic rings. The molecule has 0 aromatic carbocycles. The number of hydrogen-bond donors (Lipinski definition) is 1. The second-order valence-electron chi connectivity index (χ2n) is 4.51. The van der Waals surface area contributed by atoms with Gasteiger partial charge in [-0.2, -0.15) is 13.2 Å². The van der Waals surface area contributed by atoms with Crippen LogP contribution in [0.15, 0.2) is 0 Å². The normalized spacial score (nSPS) is 20.9. The smallest absolute Gasteiger partial charge is 0.390 e. The van der Waals surface area contributed by atoms with Gasteiger partial charge in [-0.25, -0.2) is 0 Å². The zero-order chi connectivity index (χ0) is 13.8. The van der Waals surface area contributed by atoms with E-state index in [0.29, 0.717) is 32.6 Å². The van der Waals surface area contributed by atoms with Gasteiger partial charge in [-0.3, -0.25) is 9.69 Å². The van der Waals surface area contributed by atoms with Crippen LogP contribution in [0, 0.1) is 0 Å². The monoisotopic (exact) mass is 268 g/mol. The summed E-state index contributed by atoms with van der Waals surface area (Å²) < 4.78 is 36.2. The molecule has 0 aromatic heterocycles. The van der Waals surface area contributed by atoms with E-state index in [-0.39, 0.29) is 6.54 Å². The topological polar surface area (TPSA) is 43.8 Å². The van der Waals surface area contributed by atoms with Crippen molar-refractivity contribution < 1.29 is 23.1 Å². The quantitative estimate of drug-likeness (QED) is 0.819. The molecular formula is C11H19F3N2O2. The standard InChI is InChI=1S/C11H19F3N2O2/c1-2-9(10(17)18)16-7-5-15(6-8-16)4-3-11(12,13)14/h9H,2-8H2,1H3,(H,17,18). The van der Waals surface area contributed by atoms with Crippen LogP contribution in [0.2, 0.25) is 0 Å². The van der Waals surface area contributed by atoms with Gasteiger partial charge in [0.15, 0.2) is 0 Å². The maximum absolute atomic E-state index is 12.1. The first-order chi connectivity index (χ1) is 8.33. The van der Waals surface area contributed by atoms with E-state index in [0.717, 1.165) is 0 Å². The molecule has 18 heavy (non-hydrogen) atoms. The molecule has 1 fully saturated rings. The molecule has 0 aliphatic carbocycles. The summed E-state index contributed by atoms with van der Waals surface area (Å²) in [6.07, 6.45) is -4.41. The second-order valence-corrected chi connectivity index (χ2v) is 4.51. The molecule has 0 spiro atoms. The average molecular weight is 268 g/mol. The molecule has 4 nitrogen and oxygen atoms in total. The molecule has 7 heteroatoms. The maximum Gasteiger partial charge on any atom is 0.390 e. The Hall–Kier alpha value is -0.820. The fraction of sp³-hybridized carbons (Fsp3) is 0.909. The lowest BCUT2D eigenvalue weighted by Gasteiger charge is -2.37. The summed E-state index contributed by atoms with van der Waals surface area (Å²) in [6.45, 7) is 3.83. The van der Waals surface area contributed by atoms with Gasteiger partial charge in [-0.15, -0.1) is 0 Å². The van der Waals surface area contributed by atoms with E-state index < -0.39 is 24.6 Å². The number of piperazine rings is 1. The molecule has 1 heterocycles. The van der Waals surface area contributed by atoms with Gasteiger partial charge < -0.3 is 10.0 Å². The zero-order valence-electron chi connectivity index (χ0n) is 10.4. The zero-order valence-corrected chi connectivity index (χ0v) is 10.4. The van der Waals surface area contributed by atoms with Gasteiger partial charge in [0.2, 0.25) is 0 Å². The first kappa shape index (κ1) is 15.2. The van der Waals surface area contributed by atoms with Crippen LogP contribution in [0.1, 0.15) is 19.8 Å². The van der Waals surface area contributed by atoms with E-state index in [2.05, 4.69) is 0 Å². The Morgan fingerprint density at radius 3 is 2.22 bits per heavy atom. The fourth-order valence-corrected chi connectivity index (χ4v) is 2.17. The first-order valence-electron chi connectivity index (χ1n) is 6.09. The highest BCUT2D eigenvalue weighted by Crippen LogP contribution is 2.20. The Balaban J connectivity index is 2.34. The predicted molar refractivity (Wildman–Crippen MR) is 60.4 cm³/mol. The first-order valence-corrected chi connectivity index (χ1v) is 6.09. The van der Waals surface area contributed by atoms with Crippen molar-refractivity contribution in [3.63, 3.8) is 0 Å². The molecule has 0 saturated carbocycles. The van der Waals surface area contributed by atoms with Crippen molar-refractivity contribution in [1.29, 1.82) is 0 Å². The van der Waals surface area contributed by atoms with Crippen LogP contribution in [0.25, 0.3) is 0 Å². The lowest BCUT2D eigenvalue weighted by Crippen LogP contribution is -2.52. The minimum atomic E-state index is -4.12. The average Bonchev–Trinajstić information content (AvgIpc) is 2.27. The summed E-state index contributed by atoms with van der Waals surface area (Å²) in [5, 5.41) is 9.00. The third-order valence-corrected chi connectivity index (χ3v) is 3.23. The highest BCUT2D eigenvalue weighted by Gasteiger charge is 2.30. The molecule has 1 unspecified atom stereocenters. The van der Waals surface area contributed by atoms with Crippen molar-refractivity contribution in [1.82, 2.24) is 9.80 Å².